The van der Waals surface area contributed by atoms with Crippen molar-refractivity contribution in [2.75, 3.05) is 13.2 Å². The van der Waals surface area contributed by atoms with Crippen LogP contribution in [-0.4, -0.2) is 47.3 Å². The minimum Gasteiger partial charge on any atom is -0.394 e. The van der Waals surface area contributed by atoms with Gasteiger partial charge in [-0.3, -0.25) is 9.59 Å². The Morgan fingerprint density at radius 2 is 0.914 bits per heavy atom. The molecule has 0 aliphatic heterocycles. The predicted octanol–water partition coefficient (Wildman–Crippen LogP) is 3.40. The third-order valence-electron chi connectivity index (χ3n) is 11.8. The lowest BCUT2D eigenvalue weighted by atomic mass is 9.47. The van der Waals surface area contributed by atoms with Crippen molar-refractivity contribution in [3.8, 4) is 0 Å². The summed E-state index contributed by atoms with van der Waals surface area (Å²) in [4.78, 5) is 27.1. The van der Waals surface area contributed by atoms with Gasteiger partial charge < -0.3 is 20.8 Å². The second-order valence-electron chi connectivity index (χ2n) is 14.6. The maximum Gasteiger partial charge on any atom is 0.235 e. The Balaban J connectivity index is 1.14. The number of carbonyl (C=O) groups excluding carboxylic acids is 2. The van der Waals surface area contributed by atoms with Gasteiger partial charge >= 0.3 is 0 Å². The molecule has 35 heavy (non-hydrogen) atoms. The molecule has 6 nitrogen and oxygen atoms in total. The maximum absolute atomic E-state index is 13.5. The van der Waals surface area contributed by atoms with Crippen LogP contribution in [0.15, 0.2) is 0 Å². The van der Waals surface area contributed by atoms with Crippen molar-refractivity contribution in [2.24, 2.45) is 51.8 Å². The molecule has 196 valence electrons. The van der Waals surface area contributed by atoms with Gasteiger partial charge in [0.2, 0.25) is 11.8 Å². The van der Waals surface area contributed by atoms with E-state index in [4.69, 9.17) is 0 Å². The molecule has 0 spiro atoms. The molecule has 0 aromatic rings. The minimum atomic E-state index is -1.26. The summed E-state index contributed by atoms with van der Waals surface area (Å²) in [6.07, 6.45) is 14.4. The number of carbonyl (C=O) groups is 2. The lowest BCUT2D eigenvalue weighted by Gasteiger charge is -2.59. The monoisotopic (exact) mass is 486 g/mol. The second kappa shape index (κ2) is 8.44. The summed E-state index contributed by atoms with van der Waals surface area (Å²) in [7, 11) is 0. The van der Waals surface area contributed by atoms with Crippen molar-refractivity contribution in [3.05, 3.63) is 0 Å². The number of nitrogens with one attached hydrogen (secondary N) is 2. The fourth-order valence-corrected chi connectivity index (χ4v) is 10.8. The molecule has 8 saturated carbocycles. The van der Waals surface area contributed by atoms with Crippen molar-refractivity contribution >= 4 is 11.8 Å². The summed E-state index contributed by atoms with van der Waals surface area (Å²) < 4.78 is 0. The second-order valence-corrected chi connectivity index (χ2v) is 14.6. The van der Waals surface area contributed by atoms with Crippen LogP contribution in [0.1, 0.15) is 90.9 Å². The SMILES string of the molecule is CC(C)(C(=O)N[C@@H](CO)C12CC3CC(CC(C3)C1)C2)C(=O)N[C@@H](CO)C12CC3CC(CC(C3)C1)C2. The van der Waals surface area contributed by atoms with E-state index in [0.29, 0.717) is 0 Å². The lowest BCUT2D eigenvalue weighted by molar-refractivity contribution is -0.148. The van der Waals surface area contributed by atoms with Crippen molar-refractivity contribution in [1.82, 2.24) is 10.6 Å². The molecule has 8 bridgehead atoms. The van der Waals surface area contributed by atoms with Gasteiger partial charge in [0.1, 0.15) is 5.41 Å². The average Bonchev–Trinajstić information content (AvgIpc) is 2.78. The Kier molecular flexibility index (Phi) is 5.84. The van der Waals surface area contributed by atoms with Crippen LogP contribution in [0.3, 0.4) is 0 Å². The van der Waals surface area contributed by atoms with Gasteiger partial charge in [0.15, 0.2) is 0 Å². The van der Waals surface area contributed by atoms with Gasteiger partial charge in [0.25, 0.3) is 0 Å². The Morgan fingerprint density at radius 3 is 1.14 bits per heavy atom. The van der Waals surface area contributed by atoms with E-state index in [0.717, 1.165) is 74.0 Å². The predicted molar refractivity (Wildman–Crippen MR) is 133 cm³/mol. The molecule has 8 aliphatic rings. The molecule has 0 unspecified atom stereocenters. The molecule has 8 fully saturated rings. The Morgan fingerprint density at radius 1 is 0.657 bits per heavy atom. The summed E-state index contributed by atoms with van der Waals surface area (Å²) in [5.74, 6) is 3.79. The van der Waals surface area contributed by atoms with Crippen LogP contribution in [0.25, 0.3) is 0 Å². The fourth-order valence-electron chi connectivity index (χ4n) is 10.8. The first-order valence-electron chi connectivity index (χ1n) is 14.5. The molecular formula is C29H46N2O4. The zero-order valence-corrected chi connectivity index (χ0v) is 21.7. The first-order valence-corrected chi connectivity index (χ1v) is 14.5. The highest BCUT2D eigenvalue weighted by Crippen LogP contribution is 2.62. The topological polar surface area (TPSA) is 98.7 Å². The molecule has 2 atom stereocenters. The summed E-state index contributed by atoms with van der Waals surface area (Å²) in [6.45, 7) is 3.25. The van der Waals surface area contributed by atoms with Gasteiger partial charge in [0.05, 0.1) is 25.3 Å². The summed E-state index contributed by atoms with van der Waals surface area (Å²) in [5, 5.41) is 27.1. The number of aliphatic hydroxyl groups excluding tert-OH is 2. The van der Waals surface area contributed by atoms with Gasteiger partial charge in [-0.25, -0.2) is 0 Å². The number of rotatable bonds is 8. The van der Waals surface area contributed by atoms with Crippen LogP contribution in [0.4, 0.5) is 0 Å². The zero-order valence-electron chi connectivity index (χ0n) is 21.7. The highest BCUT2D eigenvalue weighted by Gasteiger charge is 2.57. The zero-order chi connectivity index (χ0) is 24.6. The van der Waals surface area contributed by atoms with E-state index in [1.165, 1.54) is 38.5 Å². The third kappa shape index (κ3) is 3.96. The van der Waals surface area contributed by atoms with Crippen LogP contribution in [-0.2, 0) is 9.59 Å². The molecule has 0 radical (unpaired) electrons. The Bertz CT molecular complexity index is 728. The molecule has 0 aromatic carbocycles. The number of aliphatic hydroxyl groups is 2. The molecule has 4 N–H and O–H groups in total. The molecule has 8 rings (SSSR count). The lowest BCUT2D eigenvalue weighted by Crippen LogP contribution is -2.63. The van der Waals surface area contributed by atoms with Crippen LogP contribution in [0, 0.1) is 51.8 Å². The summed E-state index contributed by atoms with van der Waals surface area (Å²) in [5.41, 5.74) is -1.29. The van der Waals surface area contributed by atoms with Crippen molar-refractivity contribution in [2.45, 2.75) is 103 Å². The van der Waals surface area contributed by atoms with Gasteiger partial charge in [-0.05, 0) is 137 Å². The minimum absolute atomic E-state index is 0.0153. The van der Waals surface area contributed by atoms with Crippen molar-refractivity contribution in [1.29, 1.82) is 0 Å². The van der Waals surface area contributed by atoms with E-state index in [-0.39, 0.29) is 47.9 Å². The normalized spacial score (nSPS) is 44.8. The average molecular weight is 487 g/mol. The van der Waals surface area contributed by atoms with Gasteiger partial charge in [-0.2, -0.15) is 0 Å². The molecular weight excluding hydrogens is 440 g/mol. The fraction of sp³-hybridized carbons (Fsp3) is 0.931. The van der Waals surface area contributed by atoms with Gasteiger partial charge in [-0.1, -0.05) is 0 Å². The van der Waals surface area contributed by atoms with Gasteiger partial charge in [0, 0.05) is 0 Å². The van der Waals surface area contributed by atoms with E-state index in [2.05, 4.69) is 10.6 Å². The quantitative estimate of drug-likeness (QED) is 0.395. The highest BCUT2D eigenvalue weighted by atomic mass is 16.3. The maximum atomic E-state index is 13.5. The van der Waals surface area contributed by atoms with Crippen molar-refractivity contribution < 1.29 is 19.8 Å². The number of amides is 2. The highest BCUT2D eigenvalue weighted by molar-refractivity contribution is 6.04. The largest absolute Gasteiger partial charge is 0.394 e. The van der Waals surface area contributed by atoms with E-state index in [1.807, 2.05) is 0 Å². The van der Waals surface area contributed by atoms with Crippen LogP contribution >= 0.6 is 0 Å². The van der Waals surface area contributed by atoms with Crippen LogP contribution in [0.2, 0.25) is 0 Å². The molecule has 8 aliphatic carbocycles. The first-order chi connectivity index (χ1) is 16.6. The number of hydrogen-bond donors (Lipinski definition) is 4. The number of hydrogen-bond acceptors (Lipinski definition) is 4. The molecule has 0 saturated heterocycles. The van der Waals surface area contributed by atoms with E-state index in [1.54, 1.807) is 13.8 Å². The molecule has 0 aromatic heterocycles. The smallest absolute Gasteiger partial charge is 0.235 e. The van der Waals surface area contributed by atoms with Crippen molar-refractivity contribution in [3.63, 3.8) is 0 Å². The first kappa shape index (κ1) is 24.2. The standard InChI is InChI=1S/C29H46N2O4/c1-27(2,25(34)30-23(15-32)28-9-17-3-18(10-28)5-19(4-17)11-28)26(35)31-24(16-33)29-12-20-6-21(13-29)8-22(7-20)14-29/h17-24,32-33H,3-16H2,1-2H3,(H,30,34)(H,31,35)/t17?,18?,19?,20?,21?,22?,23-,24-,28?,29?/m0/s1. The third-order valence-corrected chi connectivity index (χ3v) is 11.8. The van der Waals surface area contributed by atoms with E-state index < -0.39 is 5.41 Å². The summed E-state index contributed by atoms with van der Waals surface area (Å²) in [6, 6.07) is -0.570. The van der Waals surface area contributed by atoms with E-state index in [9.17, 15) is 19.8 Å². The van der Waals surface area contributed by atoms with Crippen LogP contribution in [0.5, 0.6) is 0 Å². The van der Waals surface area contributed by atoms with E-state index >= 15 is 0 Å². The van der Waals surface area contributed by atoms with Gasteiger partial charge in [-0.15, -0.1) is 0 Å². The molecule has 0 heterocycles. The Labute approximate surface area is 210 Å². The molecule has 2 amide bonds. The Hall–Kier alpha value is -1.14. The summed E-state index contributed by atoms with van der Waals surface area (Å²) >= 11 is 0. The van der Waals surface area contributed by atoms with Crippen LogP contribution < -0.4 is 10.6 Å². The molecule has 6 heteroatoms.